The third-order valence-electron chi connectivity index (χ3n) is 2.03. The topological polar surface area (TPSA) is 83.5 Å². The molecule has 5 heteroatoms. The zero-order valence-corrected chi connectivity index (χ0v) is 7.93. The zero-order valence-electron chi connectivity index (χ0n) is 7.93. The zero-order chi connectivity index (χ0) is 11.4. The van der Waals surface area contributed by atoms with Crippen molar-refractivity contribution in [1.29, 1.82) is 0 Å². The normalized spacial score (nSPS) is 14.6. The van der Waals surface area contributed by atoms with Crippen LogP contribution >= 0.6 is 0 Å². The summed E-state index contributed by atoms with van der Waals surface area (Å²) in [6.45, 7) is 0. The molecule has 0 aliphatic rings. The molecule has 2 atom stereocenters. The Kier molecular flexibility index (Phi) is 3.76. The van der Waals surface area contributed by atoms with Crippen LogP contribution in [0.3, 0.4) is 0 Å². The van der Waals surface area contributed by atoms with Crippen molar-refractivity contribution in [2.24, 2.45) is 5.73 Å². The summed E-state index contributed by atoms with van der Waals surface area (Å²) >= 11 is 0. The monoisotopic (exact) mass is 213 g/mol. The molecular formula is C10H12FNO3. The number of carboxylic acids is 1. The number of aliphatic hydroxyl groups is 1. The third kappa shape index (κ3) is 3.30. The molecule has 82 valence electrons. The van der Waals surface area contributed by atoms with Crippen LogP contribution in [-0.4, -0.2) is 22.2 Å². The standard InChI is InChI=1S/C10H12FNO3/c11-7-3-1-2-6(4-7)9(13)5-8(12)10(14)15/h1-4,8-9,13H,5,12H2,(H,14,15)/t8-,9-/m0/s1. The van der Waals surface area contributed by atoms with Crippen LogP contribution in [0.4, 0.5) is 4.39 Å². The van der Waals surface area contributed by atoms with E-state index >= 15 is 0 Å². The summed E-state index contributed by atoms with van der Waals surface area (Å²) < 4.78 is 12.8. The summed E-state index contributed by atoms with van der Waals surface area (Å²) in [4.78, 5) is 10.4. The predicted octanol–water partition coefficient (Wildman–Crippen LogP) is 0.661. The largest absolute Gasteiger partial charge is 0.480 e. The van der Waals surface area contributed by atoms with Gasteiger partial charge in [-0.2, -0.15) is 0 Å². The highest BCUT2D eigenvalue weighted by atomic mass is 19.1. The van der Waals surface area contributed by atoms with Gasteiger partial charge in [-0.05, 0) is 17.7 Å². The van der Waals surface area contributed by atoms with Crippen LogP contribution in [-0.2, 0) is 4.79 Å². The van der Waals surface area contributed by atoms with Gasteiger partial charge in [0.2, 0.25) is 0 Å². The molecule has 0 aliphatic carbocycles. The molecule has 0 unspecified atom stereocenters. The summed E-state index contributed by atoms with van der Waals surface area (Å²) in [5.74, 6) is -1.67. The number of benzene rings is 1. The molecule has 1 aromatic carbocycles. The van der Waals surface area contributed by atoms with Crippen LogP contribution < -0.4 is 5.73 Å². The fourth-order valence-electron chi connectivity index (χ4n) is 1.19. The molecule has 0 aromatic heterocycles. The number of nitrogens with two attached hydrogens (primary N) is 1. The Bertz CT molecular complexity index is 356. The molecule has 0 radical (unpaired) electrons. The van der Waals surface area contributed by atoms with E-state index in [-0.39, 0.29) is 6.42 Å². The number of hydrogen-bond donors (Lipinski definition) is 3. The molecule has 4 N–H and O–H groups in total. The third-order valence-corrected chi connectivity index (χ3v) is 2.03. The first-order valence-electron chi connectivity index (χ1n) is 4.42. The number of carbonyl (C=O) groups is 1. The van der Waals surface area contributed by atoms with Crippen LogP contribution in [0.2, 0.25) is 0 Å². The Morgan fingerprint density at radius 2 is 2.20 bits per heavy atom. The van der Waals surface area contributed by atoms with Crippen molar-refractivity contribution in [2.45, 2.75) is 18.6 Å². The maximum atomic E-state index is 12.8. The van der Waals surface area contributed by atoms with Crippen LogP contribution in [0.25, 0.3) is 0 Å². The lowest BCUT2D eigenvalue weighted by molar-refractivity contribution is -0.139. The van der Waals surface area contributed by atoms with Crippen LogP contribution in [0, 0.1) is 5.82 Å². The summed E-state index contributed by atoms with van der Waals surface area (Å²) in [7, 11) is 0. The highest BCUT2D eigenvalue weighted by molar-refractivity contribution is 5.73. The fourth-order valence-corrected chi connectivity index (χ4v) is 1.19. The van der Waals surface area contributed by atoms with Gasteiger partial charge in [0.15, 0.2) is 0 Å². The quantitative estimate of drug-likeness (QED) is 0.686. The summed E-state index contributed by atoms with van der Waals surface area (Å²) in [6.07, 6.45) is -1.20. The van der Waals surface area contributed by atoms with E-state index in [2.05, 4.69) is 0 Å². The van der Waals surface area contributed by atoms with E-state index in [0.717, 1.165) is 6.07 Å². The van der Waals surface area contributed by atoms with E-state index in [1.807, 2.05) is 0 Å². The molecule has 0 bridgehead atoms. The lowest BCUT2D eigenvalue weighted by atomic mass is 10.0. The number of hydrogen-bond acceptors (Lipinski definition) is 3. The smallest absolute Gasteiger partial charge is 0.320 e. The second-order valence-corrected chi connectivity index (χ2v) is 3.25. The minimum absolute atomic E-state index is 0.140. The van der Waals surface area contributed by atoms with E-state index in [1.54, 1.807) is 0 Å². The molecule has 0 aliphatic heterocycles. The van der Waals surface area contributed by atoms with Gasteiger partial charge in [-0.1, -0.05) is 12.1 Å². The summed E-state index contributed by atoms with van der Waals surface area (Å²) in [5, 5.41) is 18.1. The number of aliphatic carboxylic acids is 1. The van der Waals surface area contributed by atoms with E-state index in [9.17, 15) is 14.3 Å². The van der Waals surface area contributed by atoms with E-state index in [4.69, 9.17) is 10.8 Å². The van der Waals surface area contributed by atoms with Gasteiger partial charge >= 0.3 is 5.97 Å². The molecule has 0 spiro atoms. The maximum Gasteiger partial charge on any atom is 0.320 e. The lowest BCUT2D eigenvalue weighted by Gasteiger charge is -2.13. The van der Waals surface area contributed by atoms with Crippen molar-refractivity contribution in [3.8, 4) is 0 Å². The first-order chi connectivity index (χ1) is 7.00. The molecule has 1 aromatic rings. The highest BCUT2D eigenvalue weighted by Gasteiger charge is 2.18. The Morgan fingerprint density at radius 3 is 2.73 bits per heavy atom. The second kappa shape index (κ2) is 4.86. The minimum atomic E-state index is -1.19. The average molecular weight is 213 g/mol. The van der Waals surface area contributed by atoms with E-state index in [0.29, 0.717) is 5.56 Å². The molecule has 0 saturated carbocycles. The molecule has 0 saturated heterocycles. The number of halogens is 1. The molecule has 15 heavy (non-hydrogen) atoms. The van der Waals surface area contributed by atoms with Crippen molar-refractivity contribution in [2.75, 3.05) is 0 Å². The Labute approximate surface area is 86.1 Å². The minimum Gasteiger partial charge on any atom is -0.480 e. The lowest BCUT2D eigenvalue weighted by Crippen LogP contribution is -2.31. The first kappa shape index (κ1) is 11.6. The van der Waals surface area contributed by atoms with Crippen LogP contribution in [0.5, 0.6) is 0 Å². The second-order valence-electron chi connectivity index (χ2n) is 3.25. The predicted molar refractivity (Wildman–Crippen MR) is 51.6 cm³/mol. The van der Waals surface area contributed by atoms with Gasteiger partial charge in [0.1, 0.15) is 11.9 Å². The Morgan fingerprint density at radius 1 is 1.53 bits per heavy atom. The van der Waals surface area contributed by atoms with Gasteiger partial charge in [-0.25, -0.2) is 4.39 Å². The highest BCUT2D eigenvalue weighted by Crippen LogP contribution is 2.18. The molecule has 0 fully saturated rings. The fraction of sp³-hybridized carbons (Fsp3) is 0.300. The number of rotatable bonds is 4. The average Bonchev–Trinajstić information content (AvgIpc) is 2.17. The maximum absolute atomic E-state index is 12.8. The molecule has 1 rings (SSSR count). The molecule has 0 heterocycles. The number of aliphatic hydroxyl groups excluding tert-OH is 1. The van der Waals surface area contributed by atoms with Gasteiger partial charge in [0.25, 0.3) is 0 Å². The van der Waals surface area contributed by atoms with Gasteiger partial charge in [-0.3, -0.25) is 4.79 Å². The van der Waals surface area contributed by atoms with Crippen molar-refractivity contribution in [3.63, 3.8) is 0 Å². The Balaban J connectivity index is 2.68. The van der Waals surface area contributed by atoms with Crippen molar-refractivity contribution in [1.82, 2.24) is 0 Å². The number of carboxylic acid groups (broad SMARTS) is 1. The molecule has 4 nitrogen and oxygen atoms in total. The van der Waals surface area contributed by atoms with Crippen molar-refractivity contribution < 1.29 is 19.4 Å². The van der Waals surface area contributed by atoms with Crippen molar-refractivity contribution >= 4 is 5.97 Å². The van der Waals surface area contributed by atoms with Gasteiger partial charge in [0, 0.05) is 6.42 Å². The summed E-state index contributed by atoms with van der Waals surface area (Å²) in [5.41, 5.74) is 5.57. The van der Waals surface area contributed by atoms with Gasteiger partial charge < -0.3 is 15.9 Å². The van der Waals surface area contributed by atoms with Crippen molar-refractivity contribution in [3.05, 3.63) is 35.6 Å². The van der Waals surface area contributed by atoms with Gasteiger partial charge in [-0.15, -0.1) is 0 Å². The van der Waals surface area contributed by atoms with Crippen LogP contribution in [0.1, 0.15) is 18.1 Å². The molecular weight excluding hydrogens is 201 g/mol. The van der Waals surface area contributed by atoms with E-state index < -0.39 is 23.9 Å². The van der Waals surface area contributed by atoms with Crippen LogP contribution in [0.15, 0.2) is 24.3 Å². The summed E-state index contributed by atoms with van der Waals surface area (Å²) in [6, 6.07) is 4.21. The first-order valence-corrected chi connectivity index (χ1v) is 4.42. The molecule has 0 amide bonds. The van der Waals surface area contributed by atoms with Gasteiger partial charge in [0.05, 0.1) is 6.10 Å². The Hall–Kier alpha value is -1.46. The van der Waals surface area contributed by atoms with E-state index in [1.165, 1.54) is 18.2 Å². The SMILES string of the molecule is N[C@@H](C[C@H](O)c1cccc(F)c1)C(=O)O.